The van der Waals surface area contributed by atoms with Crippen LogP contribution in [0.5, 0.6) is 0 Å². The summed E-state index contributed by atoms with van der Waals surface area (Å²) < 4.78 is 2.65. The van der Waals surface area contributed by atoms with E-state index in [1.54, 1.807) is 24.3 Å². The van der Waals surface area contributed by atoms with Crippen LogP contribution in [0, 0.1) is 0 Å². The first-order valence-corrected chi connectivity index (χ1v) is 17.8. The van der Waals surface area contributed by atoms with Gasteiger partial charge in [0.15, 0.2) is 0 Å². The Morgan fingerprint density at radius 1 is 0.520 bits per heavy atom. The maximum absolute atomic E-state index is 13.8. The van der Waals surface area contributed by atoms with E-state index in [0.29, 0.717) is 24.0 Å². The van der Waals surface area contributed by atoms with Crippen molar-refractivity contribution in [1.29, 1.82) is 0 Å². The third-order valence-electron chi connectivity index (χ3n) is 9.73. The van der Waals surface area contributed by atoms with Gasteiger partial charge in [0, 0.05) is 78.5 Å². The lowest BCUT2D eigenvalue weighted by Gasteiger charge is -2.35. The summed E-state index contributed by atoms with van der Waals surface area (Å²) in [6, 6.07) is 27.6. The molecule has 1 aromatic heterocycles. The number of fused-ring (bicyclic) bond motifs is 1. The van der Waals surface area contributed by atoms with E-state index in [2.05, 4.69) is 68.2 Å². The SMILES string of the molecule is O=c1c2ccccc2n(CC(O)CN2CCN(CC=Cc3ccccc3)CC2)c(=O)n1CC(O)CN1CCN(CC=Cc2ccccc2)CC1. The third kappa shape index (κ3) is 9.75. The molecule has 2 unspecified atom stereocenters. The number of benzene rings is 3. The highest BCUT2D eigenvalue weighted by Crippen LogP contribution is 2.11. The fourth-order valence-corrected chi connectivity index (χ4v) is 6.95. The standard InChI is InChI=1S/C40H50N6O4/c47-35(29-43-25-21-41(22-26-43)19-9-15-33-11-3-1-4-12-33)31-45-38-18-8-7-17-37(38)39(49)46(40(45)50)32-36(48)30-44-27-23-42(24-28-44)20-10-16-34-13-5-2-6-14-34/h1-18,35-36,47-48H,19-32H2. The molecule has 264 valence electrons. The Labute approximate surface area is 294 Å². The zero-order valence-electron chi connectivity index (χ0n) is 28.8. The Morgan fingerprint density at radius 3 is 1.44 bits per heavy atom. The van der Waals surface area contributed by atoms with Crippen LogP contribution in [-0.2, 0) is 13.1 Å². The number of aliphatic hydroxyl groups is 2. The van der Waals surface area contributed by atoms with E-state index < -0.39 is 23.5 Å². The molecule has 0 amide bonds. The molecule has 4 aromatic rings. The average Bonchev–Trinajstić information content (AvgIpc) is 3.14. The van der Waals surface area contributed by atoms with Gasteiger partial charge in [-0.2, -0.15) is 0 Å². The van der Waals surface area contributed by atoms with Gasteiger partial charge >= 0.3 is 5.69 Å². The van der Waals surface area contributed by atoms with Gasteiger partial charge in [0.1, 0.15) is 0 Å². The number of piperazine rings is 2. The topological polar surface area (TPSA) is 97.4 Å². The summed E-state index contributed by atoms with van der Waals surface area (Å²) in [6.45, 7) is 9.36. The lowest BCUT2D eigenvalue weighted by molar-refractivity contribution is 0.0632. The number of aromatic nitrogens is 2. The van der Waals surface area contributed by atoms with Crippen molar-refractivity contribution in [3.63, 3.8) is 0 Å². The Hall–Kier alpha value is -4.16. The Morgan fingerprint density at radius 2 is 0.940 bits per heavy atom. The molecule has 2 N–H and O–H groups in total. The minimum Gasteiger partial charge on any atom is -0.390 e. The molecular formula is C40H50N6O4. The molecule has 2 aliphatic heterocycles. The van der Waals surface area contributed by atoms with Gasteiger partial charge in [-0.3, -0.25) is 33.5 Å². The van der Waals surface area contributed by atoms with E-state index in [1.165, 1.54) is 15.7 Å². The van der Waals surface area contributed by atoms with Gasteiger partial charge in [-0.05, 0) is 23.3 Å². The zero-order chi connectivity index (χ0) is 34.7. The first-order valence-electron chi connectivity index (χ1n) is 17.8. The number of rotatable bonds is 14. The largest absolute Gasteiger partial charge is 0.390 e. The van der Waals surface area contributed by atoms with Gasteiger partial charge in [-0.25, -0.2) is 4.79 Å². The predicted octanol–water partition coefficient (Wildman–Crippen LogP) is 2.55. The molecule has 0 aliphatic carbocycles. The summed E-state index contributed by atoms with van der Waals surface area (Å²) >= 11 is 0. The molecule has 0 radical (unpaired) electrons. The van der Waals surface area contributed by atoms with Crippen LogP contribution in [0.2, 0.25) is 0 Å². The predicted molar refractivity (Wildman–Crippen MR) is 201 cm³/mol. The smallest absolute Gasteiger partial charge is 0.331 e. The molecule has 3 aromatic carbocycles. The Bertz CT molecular complexity index is 1820. The van der Waals surface area contributed by atoms with Crippen LogP contribution in [0.25, 0.3) is 23.1 Å². The molecule has 0 spiro atoms. The molecule has 0 saturated carbocycles. The number of para-hydroxylation sites is 1. The minimum absolute atomic E-state index is 0.0659. The summed E-state index contributed by atoms with van der Waals surface area (Å²) in [4.78, 5) is 36.5. The molecule has 2 atom stereocenters. The van der Waals surface area contributed by atoms with Crippen LogP contribution < -0.4 is 11.2 Å². The number of hydrogen-bond donors (Lipinski definition) is 2. The van der Waals surface area contributed by atoms with Gasteiger partial charge in [0.2, 0.25) is 0 Å². The molecule has 2 saturated heterocycles. The molecule has 3 heterocycles. The van der Waals surface area contributed by atoms with Gasteiger partial charge in [0.05, 0.1) is 36.2 Å². The highest BCUT2D eigenvalue weighted by molar-refractivity contribution is 5.77. The lowest BCUT2D eigenvalue weighted by Crippen LogP contribution is -2.51. The second-order valence-corrected chi connectivity index (χ2v) is 13.5. The summed E-state index contributed by atoms with van der Waals surface area (Å²) in [5.74, 6) is 0. The van der Waals surface area contributed by atoms with Crippen molar-refractivity contribution in [2.24, 2.45) is 0 Å². The third-order valence-corrected chi connectivity index (χ3v) is 9.73. The Kier molecular flexibility index (Phi) is 12.6. The van der Waals surface area contributed by atoms with Gasteiger partial charge < -0.3 is 10.2 Å². The summed E-state index contributed by atoms with van der Waals surface area (Å²) in [5.41, 5.74) is 1.96. The quantitative estimate of drug-likeness (QED) is 0.210. The fourth-order valence-electron chi connectivity index (χ4n) is 6.95. The summed E-state index contributed by atoms with van der Waals surface area (Å²) in [7, 11) is 0. The molecule has 0 bridgehead atoms. The fraction of sp³-hybridized carbons (Fsp3) is 0.400. The molecule has 2 fully saturated rings. The van der Waals surface area contributed by atoms with Crippen molar-refractivity contribution in [1.82, 2.24) is 28.7 Å². The maximum Gasteiger partial charge on any atom is 0.331 e. The maximum atomic E-state index is 13.8. The van der Waals surface area contributed by atoms with Crippen LogP contribution in [0.3, 0.4) is 0 Å². The number of nitrogens with zero attached hydrogens (tertiary/aromatic N) is 6. The number of β-amino-alcohol motifs (C(OH)–C–C–N with tert-alkyl or cyclic N) is 2. The highest BCUT2D eigenvalue weighted by atomic mass is 16.3. The number of aliphatic hydroxyl groups excluding tert-OH is 2. The van der Waals surface area contributed by atoms with Crippen LogP contribution in [0.15, 0.2) is 107 Å². The minimum atomic E-state index is -0.886. The van der Waals surface area contributed by atoms with E-state index in [0.717, 1.165) is 70.0 Å². The average molecular weight is 679 g/mol. The van der Waals surface area contributed by atoms with Crippen molar-refractivity contribution in [3.8, 4) is 0 Å². The Balaban J connectivity index is 1.01. The van der Waals surface area contributed by atoms with Crippen LogP contribution in [-0.4, -0.2) is 130 Å². The molecule has 10 heteroatoms. The monoisotopic (exact) mass is 678 g/mol. The molecule has 6 rings (SSSR count). The molecule has 2 aliphatic rings. The first kappa shape index (κ1) is 35.7. The summed E-state index contributed by atoms with van der Waals surface area (Å²) in [6.07, 6.45) is 6.97. The van der Waals surface area contributed by atoms with Crippen LogP contribution >= 0.6 is 0 Å². The van der Waals surface area contributed by atoms with Crippen molar-refractivity contribution >= 4 is 23.1 Å². The summed E-state index contributed by atoms with van der Waals surface area (Å²) in [5, 5.41) is 22.7. The van der Waals surface area contributed by atoms with Gasteiger partial charge in [-0.15, -0.1) is 0 Å². The first-order chi connectivity index (χ1) is 24.4. The van der Waals surface area contributed by atoms with Gasteiger partial charge in [0.25, 0.3) is 5.56 Å². The highest BCUT2D eigenvalue weighted by Gasteiger charge is 2.23. The van der Waals surface area contributed by atoms with E-state index in [-0.39, 0.29) is 13.1 Å². The van der Waals surface area contributed by atoms with E-state index in [1.807, 2.05) is 36.4 Å². The molecular weight excluding hydrogens is 628 g/mol. The van der Waals surface area contributed by atoms with Crippen molar-refractivity contribution in [3.05, 3.63) is 129 Å². The van der Waals surface area contributed by atoms with E-state index in [4.69, 9.17) is 0 Å². The van der Waals surface area contributed by atoms with Crippen molar-refractivity contribution in [2.75, 3.05) is 78.5 Å². The van der Waals surface area contributed by atoms with Crippen molar-refractivity contribution in [2.45, 2.75) is 25.3 Å². The molecule has 10 nitrogen and oxygen atoms in total. The van der Waals surface area contributed by atoms with Crippen molar-refractivity contribution < 1.29 is 10.2 Å². The normalized spacial score (nSPS) is 18.4. The second-order valence-electron chi connectivity index (χ2n) is 13.5. The second kappa shape index (κ2) is 17.7. The van der Waals surface area contributed by atoms with E-state index in [9.17, 15) is 19.8 Å². The zero-order valence-corrected chi connectivity index (χ0v) is 28.8. The van der Waals surface area contributed by atoms with Crippen LogP contribution in [0.1, 0.15) is 11.1 Å². The lowest BCUT2D eigenvalue weighted by atomic mass is 10.2. The van der Waals surface area contributed by atoms with Gasteiger partial charge in [-0.1, -0.05) is 97.1 Å². The van der Waals surface area contributed by atoms with E-state index >= 15 is 0 Å². The number of hydrogen-bond acceptors (Lipinski definition) is 8. The van der Waals surface area contributed by atoms with Crippen LogP contribution in [0.4, 0.5) is 0 Å². The molecule has 50 heavy (non-hydrogen) atoms.